The third-order valence-corrected chi connectivity index (χ3v) is 3.60. The lowest BCUT2D eigenvalue weighted by atomic mass is 9.96. The fourth-order valence-electron chi connectivity index (χ4n) is 2.41. The van der Waals surface area contributed by atoms with E-state index in [1.165, 1.54) is 7.11 Å². The van der Waals surface area contributed by atoms with Crippen LogP contribution in [0, 0.1) is 0 Å². The van der Waals surface area contributed by atoms with Crippen molar-refractivity contribution in [3.8, 4) is 0 Å². The van der Waals surface area contributed by atoms with Crippen LogP contribution in [-0.4, -0.2) is 18.1 Å². The summed E-state index contributed by atoms with van der Waals surface area (Å²) in [7, 11) is 1.36. The van der Waals surface area contributed by atoms with Crippen LogP contribution >= 0.6 is 0 Å². The average molecular weight is 243 g/mol. The molecule has 1 aromatic heterocycles. The summed E-state index contributed by atoms with van der Waals surface area (Å²) < 4.78 is 4.81. The summed E-state index contributed by atoms with van der Waals surface area (Å²) in [6, 6.07) is 9.34. The minimum Gasteiger partial charge on any atom is -0.468 e. The number of carbonyl (C=O) groups is 1. The van der Waals surface area contributed by atoms with Crippen molar-refractivity contribution < 1.29 is 9.53 Å². The Labute approximate surface area is 104 Å². The zero-order chi connectivity index (χ0) is 12.8. The molecular formula is C14H13NO3. The lowest BCUT2D eigenvalue weighted by Crippen LogP contribution is -2.29. The van der Waals surface area contributed by atoms with Crippen LogP contribution in [0.2, 0.25) is 0 Å². The van der Waals surface area contributed by atoms with Gasteiger partial charge in [-0.1, -0.05) is 18.2 Å². The first kappa shape index (κ1) is 11.0. The largest absolute Gasteiger partial charge is 0.468 e. The fourth-order valence-corrected chi connectivity index (χ4v) is 2.41. The third kappa shape index (κ3) is 1.45. The van der Waals surface area contributed by atoms with Gasteiger partial charge in [-0.25, -0.2) is 0 Å². The van der Waals surface area contributed by atoms with E-state index in [1.807, 2.05) is 24.3 Å². The summed E-state index contributed by atoms with van der Waals surface area (Å²) in [5, 5.41) is 0.933. The zero-order valence-corrected chi connectivity index (χ0v) is 10.0. The second-order valence-electron chi connectivity index (χ2n) is 4.67. The molecular weight excluding hydrogens is 230 g/mol. The number of nitrogens with one attached hydrogen (secondary N) is 1. The minimum absolute atomic E-state index is 0.198. The molecule has 0 amide bonds. The Morgan fingerprint density at radius 3 is 2.72 bits per heavy atom. The number of ether oxygens (including phenoxy) is 1. The molecule has 0 bridgehead atoms. The van der Waals surface area contributed by atoms with Crippen molar-refractivity contribution in [2.45, 2.75) is 18.3 Å². The second-order valence-corrected chi connectivity index (χ2v) is 4.67. The highest BCUT2D eigenvalue weighted by molar-refractivity contribution is 5.88. The minimum atomic E-state index is -0.716. The van der Waals surface area contributed by atoms with Gasteiger partial charge in [-0.3, -0.25) is 9.59 Å². The zero-order valence-electron chi connectivity index (χ0n) is 10.0. The predicted octanol–water partition coefficient (Wildman–Crippen LogP) is 1.73. The lowest BCUT2D eigenvalue weighted by molar-refractivity contribution is -0.143. The van der Waals surface area contributed by atoms with E-state index in [9.17, 15) is 9.59 Å². The predicted molar refractivity (Wildman–Crippen MR) is 67.5 cm³/mol. The Morgan fingerprint density at radius 2 is 2.06 bits per heavy atom. The molecule has 1 aliphatic rings. The SMILES string of the molecule is COC(=O)C1(c2cc3ccccc3[nH]c2=O)CC1. The molecule has 1 fully saturated rings. The smallest absolute Gasteiger partial charge is 0.316 e. The number of hydrogen-bond acceptors (Lipinski definition) is 3. The molecule has 1 aromatic carbocycles. The van der Waals surface area contributed by atoms with Crippen LogP contribution in [0.25, 0.3) is 10.9 Å². The summed E-state index contributed by atoms with van der Waals surface area (Å²) in [6.07, 6.45) is 1.36. The number of H-pyrrole nitrogens is 1. The van der Waals surface area contributed by atoms with E-state index in [0.717, 1.165) is 10.9 Å². The molecule has 92 valence electrons. The van der Waals surface area contributed by atoms with Gasteiger partial charge >= 0.3 is 5.97 Å². The molecule has 1 saturated carbocycles. The van der Waals surface area contributed by atoms with Crippen LogP contribution in [0.3, 0.4) is 0 Å². The van der Waals surface area contributed by atoms with E-state index in [1.54, 1.807) is 6.07 Å². The fraction of sp³-hybridized carbons (Fsp3) is 0.286. The van der Waals surface area contributed by atoms with Crippen molar-refractivity contribution in [1.29, 1.82) is 0 Å². The summed E-state index contributed by atoms with van der Waals surface area (Å²) in [5.41, 5.74) is 0.392. The molecule has 0 radical (unpaired) electrons. The van der Waals surface area contributed by atoms with Gasteiger partial charge in [-0.15, -0.1) is 0 Å². The van der Waals surface area contributed by atoms with Crippen molar-refractivity contribution in [1.82, 2.24) is 4.98 Å². The van der Waals surface area contributed by atoms with E-state index in [4.69, 9.17) is 4.74 Å². The summed E-state index contributed by atoms with van der Waals surface area (Å²) >= 11 is 0. The quantitative estimate of drug-likeness (QED) is 0.817. The number of fused-ring (bicyclic) bond motifs is 1. The van der Waals surface area contributed by atoms with Gasteiger partial charge < -0.3 is 9.72 Å². The Bertz CT molecular complexity index is 683. The molecule has 4 heteroatoms. The van der Waals surface area contributed by atoms with Gasteiger partial charge in [0, 0.05) is 11.1 Å². The summed E-state index contributed by atoms with van der Waals surface area (Å²) in [4.78, 5) is 26.7. The van der Waals surface area contributed by atoms with Crippen LogP contribution < -0.4 is 5.56 Å². The second kappa shape index (κ2) is 3.70. The molecule has 4 nitrogen and oxygen atoms in total. The standard InChI is InChI=1S/C14H13NO3/c1-18-13(17)14(6-7-14)10-8-9-4-2-3-5-11(9)15-12(10)16/h2-5,8H,6-7H2,1H3,(H,15,16). The molecule has 1 heterocycles. The van der Waals surface area contributed by atoms with E-state index in [2.05, 4.69) is 4.98 Å². The normalized spacial score (nSPS) is 16.5. The highest BCUT2D eigenvalue weighted by Gasteiger charge is 2.54. The van der Waals surface area contributed by atoms with E-state index < -0.39 is 5.41 Å². The van der Waals surface area contributed by atoms with Gasteiger partial charge in [0.15, 0.2) is 0 Å². The summed E-state index contributed by atoms with van der Waals surface area (Å²) in [6.45, 7) is 0. The monoisotopic (exact) mass is 243 g/mol. The number of pyridine rings is 1. The average Bonchev–Trinajstić information content (AvgIpc) is 3.18. The Morgan fingerprint density at radius 1 is 1.33 bits per heavy atom. The van der Waals surface area contributed by atoms with E-state index >= 15 is 0 Å². The van der Waals surface area contributed by atoms with E-state index in [-0.39, 0.29) is 11.5 Å². The topological polar surface area (TPSA) is 59.2 Å². The molecule has 0 saturated heterocycles. The highest BCUT2D eigenvalue weighted by atomic mass is 16.5. The molecule has 0 atom stereocenters. The van der Waals surface area contributed by atoms with Gasteiger partial charge in [0.25, 0.3) is 5.56 Å². The van der Waals surface area contributed by atoms with Crippen LogP contribution in [0.15, 0.2) is 35.1 Å². The molecule has 0 unspecified atom stereocenters. The first-order valence-electron chi connectivity index (χ1n) is 5.88. The van der Waals surface area contributed by atoms with Gasteiger partial charge in [0.1, 0.15) is 0 Å². The van der Waals surface area contributed by atoms with Crippen molar-refractivity contribution in [3.05, 3.63) is 46.2 Å². The number of methoxy groups -OCH3 is 1. The number of para-hydroxylation sites is 1. The van der Waals surface area contributed by atoms with Gasteiger partial charge in [0.2, 0.25) is 0 Å². The molecule has 0 spiro atoms. The van der Waals surface area contributed by atoms with Gasteiger partial charge in [-0.2, -0.15) is 0 Å². The molecule has 1 N–H and O–H groups in total. The van der Waals surface area contributed by atoms with E-state index in [0.29, 0.717) is 18.4 Å². The number of hydrogen-bond donors (Lipinski definition) is 1. The maximum absolute atomic E-state index is 12.1. The summed E-state index contributed by atoms with van der Waals surface area (Å²) in [5.74, 6) is -0.316. The maximum atomic E-state index is 12.1. The number of rotatable bonds is 2. The van der Waals surface area contributed by atoms with Crippen LogP contribution in [0.5, 0.6) is 0 Å². The molecule has 0 aliphatic heterocycles. The first-order chi connectivity index (χ1) is 8.67. The first-order valence-corrected chi connectivity index (χ1v) is 5.88. The van der Waals surface area contributed by atoms with Crippen LogP contribution in [-0.2, 0) is 14.9 Å². The number of benzene rings is 1. The number of carbonyl (C=O) groups excluding carboxylic acids is 1. The maximum Gasteiger partial charge on any atom is 0.316 e. The Balaban J connectivity index is 2.21. The number of esters is 1. The van der Waals surface area contributed by atoms with Gasteiger partial charge in [0.05, 0.1) is 12.5 Å². The lowest BCUT2D eigenvalue weighted by Gasteiger charge is -2.12. The van der Waals surface area contributed by atoms with Crippen molar-refractivity contribution in [2.75, 3.05) is 7.11 Å². The molecule has 18 heavy (non-hydrogen) atoms. The van der Waals surface area contributed by atoms with Crippen LogP contribution in [0.1, 0.15) is 18.4 Å². The molecule has 2 aromatic rings. The van der Waals surface area contributed by atoms with Crippen molar-refractivity contribution in [2.24, 2.45) is 0 Å². The Kier molecular flexibility index (Phi) is 2.26. The highest BCUT2D eigenvalue weighted by Crippen LogP contribution is 2.48. The molecule has 3 rings (SSSR count). The number of aromatic nitrogens is 1. The van der Waals surface area contributed by atoms with Gasteiger partial charge in [-0.05, 0) is 30.4 Å². The van der Waals surface area contributed by atoms with Crippen LogP contribution in [0.4, 0.5) is 0 Å². The Hall–Kier alpha value is -2.10. The molecule has 1 aliphatic carbocycles. The third-order valence-electron chi connectivity index (χ3n) is 3.60. The van der Waals surface area contributed by atoms with Crippen molar-refractivity contribution in [3.63, 3.8) is 0 Å². The number of aromatic amines is 1. The van der Waals surface area contributed by atoms with Crippen molar-refractivity contribution >= 4 is 16.9 Å².